The lowest BCUT2D eigenvalue weighted by Gasteiger charge is -2.34. The van der Waals surface area contributed by atoms with E-state index in [1.807, 2.05) is 57.2 Å². The summed E-state index contributed by atoms with van der Waals surface area (Å²) >= 11 is 0. The zero-order chi connectivity index (χ0) is 84.0. The van der Waals surface area contributed by atoms with E-state index in [0.717, 1.165) is 66.6 Å². The van der Waals surface area contributed by atoms with Crippen molar-refractivity contribution in [3.05, 3.63) is 148 Å². The zero-order valence-electron chi connectivity index (χ0n) is 65.0. The molecule has 12 amide bonds. The molecule has 4 aromatic carbocycles. The maximum atomic E-state index is 15.5. The van der Waals surface area contributed by atoms with Gasteiger partial charge < -0.3 is 94.4 Å². The van der Waals surface area contributed by atoms with Gasteiger partial charge in [0.05, 0.1) is 44.7 Å². The van der Waals surface area contributed by atoms with E-state index in [4.69, 9.17) is 10.5 Å². The van der Waals surface area contributed by atoms with E-state index in [-0.39, 0.29) is 36.7 Å². The normalized spacial score (nSPS) is 14.1. The standard InChI is InChI=1S/C77H103FN18O18/c1-10-49-34-53(114-29-14-13-27-81-46(6)100)24-25-54(49)50-22-20-47(21-23-50)33-57(68(106)85-56(66(79)104)19-15-16-48-31-42(2)30-43(3)32-48)86-69(107)59(36-63(102)103)87-70(108)60(40-97)88-71(109)64(44(4)98)91-75(113)77(9,37-51-17-11-12-18-55(51)78)92-72(110)65(45(5)99)90-62(101)39-83-67(105)58(35-61-93-95-96-94-61)89-74(112)76(7,8)73(111)82-28-26-52-38-80-41-84-52/h11-12,17-18,20-25,30-32,34,38,41,44-45,56-60,64-65,97-99H,10,13-16,19,26-29,33,35-37,39-40H2,1-9H3,(H2,79,104)(H,80,84)(H,81,100)(H,82,111)(H,83,105)(H,85,106)(H,86,107)(H,87,108)(H,88,109)(H,89,112)(H,90,101)(H,91,113)(H,92,110)(H,102,103)(H,93,94,95,96)/t44-,45-,56+,57+,58+,59+,60+,64+,65+,77+/m1/s1. The highest BCUT2D eigenvalue weighted by Crippen LogP contribution is 2.29. The topological polar surface area (TPSA) is 554 Å². The fourth-order valence-electron chi connectivity index (χ4n) is 12.1. The first-order valence-electron chi connectivity index (χ1n) is 37.1. The molecule has 0 fully saturated rings. The molecule has 0 saturated carbocycles. The number of aliphatic hydroxyl groups excluding tert-OH is 3. The maximum absolute atomic E-state index is 15.5. The number of aliphatic hydroxyl groups is 3. The number of amides is 12. The first kappa shape index (κ1) is 90.8. The Labute approximate surface area is 657 Å². The van der Waals surface area contributed by atoms with Crippen LogP contribution in [0.15, 0.2) is 97.5 Å². The van der Waals surface area contributed by atoms with E-state index >= 15 is 4.39 Å². The molecular weight excluding hydrogens is 1480 g/mol. The number of carboxylic acid groups (broad SMARTS) is 1. The van der Waals surface area contributed by atoms with Crippen molar-refractivity contribution in [2.24, 2.45) is 11.1 Å². The Balaban J connectivity index is 1.17. The van der Waals surface area contributed by atoms with Crippen LogP contribution in [0.2, 0.25) is 0 Å². The van der Waals surface area contributed by atoms with Crippen molar-refractivity contribution < 1.29 is 91.9 Å². The minimum absolute atomic E-state index is 0.0675. The van der Waals surface area contributed by atoms with Crippen LogP contribution in [0.1, 0.15) is 125 Å². The molecule has 19 N–H and O–H groups in total. The van der Waals surface area contributed by atoms with E-state index in [2.05, 4.69) is 89.1 Å². The van der Waals surface area contributed by atoms with Gasteiger partial charge in [0.25, 0.3) is 0 Å². The Bertz CT molecular complexity index is 4300. The number of halogens is 1. The van der Waals surface area contributed by atoms with Crippen LogP contribution in [0, 0.1) is 25.1 Å². The van der Waals surface area contributed by atoms with Crippen LogP contribution in [0.4, 0.5) is 4.39 Å². The van der Waals surface area contributed by atoms with E-state index in [1.54, 1.807) is 30.5 Å². The van der Waals surface area contributed by atoms with Crippen molar-refractivity contribution in [1.29, 1.82) is 0 Å². The smallest absolute Gasteiger partial charge is 0.305 e. The number of hydrogen-bond acceptors (Lipinski definition) is 21. The molecular formula is C77H103FN18O18. The third-order valence-electron chi connectivity index (χ3n) is 18.5. The summed E-state index contributed by atoms with van der Waals surface area (Å²) < 4.78 is 21.5. The number of tetrazole rings is 1. The van der Waals surface area contributed by atoms with Crippen LogP contribution in [0.3, 0.4) is 0 Å². The number of aromatic amines is 2. The molecule has 36 nitrogen and oxygen atoms in total. The number of carboxylic acids is 1. The Morgan fingerprint density at radius 2 is 1.27 bits per heavy atom. The molecule has 0 bridgehead atoms. The highest BCUT2D eigenvalue weighted by atomic mass is 19.1. The van der Waals surface area contributed by atoms with Gasteiger partial charge in [0.2, 0.25) is 70.9 Å². The van der Waals surface area contributed by atoms with Gasteiger partial charge in [-0.05, 0) is 139 Å². The van der Waals surface area contributed by atoms with Gasteiger partial charge in [0.1, 0.15) is 64.8 Å². The number of primary amides is 1. The molecule has 2 aromatic heterocycles. The Hall–Kier alpha value is -12.1. The SMILES string of the molecule is CCc1cc(OCCCCNC(C)=O)ccc1-c1ccc(C[C@H](NC(=O)[C@H](CC(=O)O)NC(=O)[C@H](CO)NC(=O)[C@@H](NC(=O)[C@](C)(Cc2ccccc2F)NC(=O)[C@@H](NC(=O)CNC(=O)[C@H](Cc2nn[nH]n2)NC(=O)C(C)(C)C(=O)NCCc2cnc[nH]2)[C@@H](C)O)[C@@H](C)O)C(=O)N[C@@H](CCCc2cc(C)cc(C)c2)C(N)=O)cc1. The molecule has 616 valence electrons. The molecule has 114 heavy (non-hydrogen) atoms. The van der Waals surface area contributed by atoms with Gasteiger partial charge in [-0.2, -0.15) is 5.21 Å². The van der Waals surface area contributed by atoms with Gasteiger partial charge in [0.15, 0.2) is 5.82 Å². The van der Waals surface area contributed by atoms with Gasteiger partial charge >= 0.3 is 5.97 Å². The summed E-state index contributed by atoms with van der Waals surface area (Å²) in [4.78, 5) is 184. The lowest BCUT2D eigenvalue weighted by molar-refractivity contribution is -0.143. The van der Waals surface area contributed by atoms with Gasteiger partial charge in [-0.15, -0.1) is 10.2 Å². The third-order valence-corrected chi connectivity index (χ3v) is 18.5. The molecule has 0 aliphatic heterocycles. The van der Waals surface area contributed by atoms with Gasteiger partial charge in [-0.3, -0.25) is 62.3 Å². The van der Waals surface area contributed by atoms with Gasteiger partial charge in [-0.25, -0.2) is 9.37 Å². The minimum atomic E-state index is -2.41. The molecule has 0 saturated heterocycles. The van der Waals surface area contributed by atoms with Crippen LogP contribution in [0.25, 0.3) is 11.1 Å². The van der Waals surface area contributed by atoms with Crippen molar-refractivity contribution >= 4 is 76.9 Å². The molecule has 0 radical (unpaired) electrons. The molecule has 37 heteroatoms. The molecule has 0 unspecified atom stereocenters. The molecule has 2 heterocycles. The molecule has 0 aliphatic rings. The molecule has 6 rings (SSSR count). The summed E-state index contributed by atoms with van der Waals surface area (Å²) in [6, 6.07) is 10.9. The number of unbranched alkanes of at least 4 members (excludes halogenated alkanes) is 1. The highest BCUT2D eigenvalue weighted by molar-refractivity contribution is 6.06. The number of aromatic nitrogens is 6. The Morgan fingerprint density at radius 1 is 0.632 bits per heavy atom. The summed E-state index contributed by atoms with van der Waals surface area (Å²) in [6.07, 6.45) is 0.0984. The van der Waals surface area contributed by atoms with E-state index in [0.29, 0.717) is 62.3 Å². The number of nitrogens with two attached hydrogens (primary N) is 1. The van der Waals surface area contributed by atoms with Crippen LogP contribution in [0.5, 0.6) is 5.75 Å². The first-order valence-corrected chi connectivity index (χ1v) is 37.1. The second kappa shape index (κ2) is 43.6. The number of nitrogens with one attached hydrogen (secondary N) is 13. The number of carbonyl (C=O) groups excluding carboxylic acids is 12. The van der Waals surface area contributed by atoms with Crippen LogP contribution in [-0.2, 0) is 101 Å². The van der Waals surface area contributed by atoms with Crippen LogP contribution >= 0.6 is 0 Å². The van der Waals surface area contributed by atoms with Crippen molar-refractivity contribution in [2.75, 3.05) is 32.8 Å². The summed E-state index contributed by atoms with van der Waals surface area (Å²) in [5.41, 5.74) is 8.24. The van der Waals surface area contributed by atoms with Crippen LogP contribution in [-0.4, -0.2) is 221 Å². The second-order valence-electron chi connectivity index (χ2n) is 28.5. The fraction of sp³-hybridized carbons (Fsp3) is 0.468. The lowest BCUT2D eigenvalue weighted by Crippen LogP contribution is -2.67. The van der Waals surface area contributed by atoms with Crippen molar-refractivity contribution in [2.45, 2.75) is 193 Å². The van der Waals surface area contributed by atoms with Crippen molar-refractivity contribution in [3.8, 4) is 16.9 Å². The number of H-pyrrole nitrogens is 2. The van der Waals surface area contributed by atoms with E-state index < -0.39 is 175 Å². The van der Waals surface area contributed by atoms with Crippen LogP contribution < -0.4 is 69.0 Å². The molecule has 0 aliphatic carbocycles. The minimum Gasteiger partial charge on any atom is -0.494 e. The molecule has 6 aromatic rings. The average Bonchev–Trinajstić information content (AvgIpc) is 0.910. The Kier molecular flexibility index (Phi) is 34.7. The number of carbonyl (C=O) groups is 13. The summed E-state index contributed by atoms with van der Waals surface area (Å²) in [6.45, 7) is 11.9. The Morgan fingerprint density at radius 3 is 1.89 bits per heavy atom. The molecule has 0 spiro atoms. The fourth-order valence-corrected chi connectivity index (χ4v) is 12.1. The second-order valence-corrected chi connectivity index (χ2v) is 28.5. The average molecular weight is 1590 g/mol. The molecule has 10 atom stereocenters. The largest absolute Gasteiger partial charge is 0.494 e. The number of aryl methyl sites for hydroxylation is 4. The highest BCUT2D eigenvalue weighted by Gasteiger charge is 2.43. The number of imidazole rings is 1. The number of rotatable bonds is 46. The zero-order valence-corrected chi connectivity index (χ0v) is 65.0. The van der Waals surface area contributed by atoms with Crippen molar-refractivity contribution in [3.63, 3.8) is 0 Å². The number of nitrogens with zero attached hydrogens (tertiary/aromatic N) is 4. The predicted molar refractivity (Wildman–Crippen MR) is 409 cm³/mol. The number of hydrogen-bond donors (Lipinski definition) is 18. The summed E-state index contributed by atoms with van der Waals surface area (Å²) in [7, 11) is 0. The predicted octanol–water partition coefficient (Wildman–Crippen LogP) is -1.26. The quantitative estimate of drug-likeness (QED) is 0.0157. The summed E-state index contributed by atoms with van der Waals surface area (Å²) in [5.74, 6) is -14.4. The monoisotopic (exact) mass is 1590 g/mol. The maximum Gasteiger partial charge on any atom is 0.305 e. The van der Waals surface area contributed by atoms with Gasteiger partial charge in [0, 0.05) is 57.6 Å². The number of benzene rings is 4. The first-order chi connectivity index (χ1) is 54.0. The summed E-state index contributed by atoms with van der Waals surface area (Å²) in [5, 5.41) is 82.6. The van der Waals surface area contributed by atoms with Gasteiger partial charge in [-0.1, -0.05) is 90.0 Å². The number of ether oxygens (including phenoxy) is 1. The van der Waals surface area contributed by atoms with Crippen molar-refractivity contribution in [1.82, 2.24) is 89.1 Å². The van der Waals surface area contributed by atoms with E-state index in [9.17, 15) is 82.8 Å². The number of aliphatic carboxylic acids is 1. The lowest BCUT2D eigenvalue weighted by atomic mass is 9.90. The third kappa shape index (κ3) is 28.3. The van der Waals surface area contributed by atoms with E-state index in [1.165, 1.54) is 45.3 Å².